The lowest BCUT2D eigenvalue weighted by Gasteiger charge is -2.17. The molecule has 15 heavy (non-hydrogen) atoms. The number of aryl methyl sites for hydroxylation is 2. The van der Waals surface area contributed by atoms with Crippen LogP contribution in [0, 0.1) is 5.92 Å². The van der Waals surface area contributed by atoms with Gasteiger partial charge in [-0.2, -0.15) is 5.10 Å². The number of aromatic nitrogens is 2. The minimum atomic E-state index is 0.245. The fourth-order valence-electron chi connectivity index (χ4n) is 1.68. The van der Waals surface area contributed by atoms with Crippen molar-refractivity contribution in [1.82, 2.24) is 9.78 Å². The van der Waals surface area contributed by atoms with E-state index in [1.807, 2.05) is 11.7 Å². The van der Waals surface area contributed by atoms with Gasteiger partial charge in [0.15, 0.2) is 0 Å². The third kappa shape index (κ3) is 3.06. The lowest BCUT2D eigenvalue weighted by Crippen LogP contribution is -2.30. The van der Waals surface area contributed by atoms with Crippen LogP contribution in [0.25, 0.3) is 0 Å². The summed E-state index contributed by atoms with van der Waals surface area (Å²) in [5.74, 6) is 0.574. The maximum atomic E-state index is 6.14. The fraction of sp³-hybridized carbons (Fsp3) is 0.750. The largest absolute Gasteiger partial charge is 0.327 e. The molecule has 1 aromatic rings. The Morgan fingerprint density at radius 1 is 1.47 bits per heavy atom. The molecule has 86 valence electrons. The Balaban J connectivity index is 2.67. The zero-order valence-electron chi connectivity index (χ0n) is 10.3. The van der Waals surface area contributed by atoms with Gasteiger partial charge < -0.3 is 5.73 Å². The van der Waals surface area contributed by atoms with Gasteiger partial charge in [-0.1, -0.05) is 27.2 Å². The van der Waals surface area contributed by atoms with E-state index in [-0.39, 0.29) is 6.04 Å². The molecular formula is C12H23N3. The molecule has 1 heterocycles. The highest BCUT2D eigenvalue weighted by Gasteiger charge is 2.14. The van der Waals surface area contributed by atoms with Crippen LogP contribution in [0.15, 0.2) is 6.07 Å². The third-order valence-corrected chi connectivity index (χ3v) is 3.21. The summed E-state index contributed by atoms with van der Waals surface area (Å²) >= 11 is 0. The van der Waals surface area contributed by atoms with Gasteiger partial charge in [0.2, 0.25) is 0 Å². The fourth-order valence-corrected chi connectivity index (χ4v) is 1.68. The smallest absolute Gasteiger partial charge is 0.0624 e. The molecule has 0 bridgehead atoms. The van der Waals surface area contributed by atoms with Gasteiger partial charge >= 0.3 is 0 Å². The first kappa shape index (κ1) is 12.2. The molecule has 1 aromatic heterocycles. The Bertz CT molecular complexity index is 304. The van der Waals surface area contributed by atoms with Gasteiger partial charge in [0, 0.05) is 25.2 Å². The van der Waals surface area contributed by atoms with Crippen LogP contribution in [-0.2, 0) is 19.9 Å². The van der Waals surface area contributed by atoms with Crippen molar-refractivity contribution in [1.29, 1.82) is 0 Å². The molecule has 2 unspecified atom stereocenters. The van der Waals surface area contributed by atoms with Crippen LogP contribution in [-0.4, -0.2) is 15.8 Å². The second-order valence-corrected chi connectivity index (χ2v) is 4.36. The van der Waals surface area contributed by atoms with Crippen molar-refractivity contribution in [2.45, 2.75) is 46.1 Å². The van der Waals surface area contributed by atoms with E-state index in [0.29, 0.717) is 5.92 Å². The van der Waals surface area contributed by atoms with Gasteiger partial charge in [0.1, 0.15) is 0 Å². The van der Waals surface area contributed by atoms with Crippen molar-refractivity contribution in [2.24, 2.45) is 18.7 Å². The van der Waals surface area contributed by atoms with Crippen molar-refractivity contribution in [3.63, 3.8) is 0 Å². The lowest BCUT2D eigenvalue weighted by atomic mass is 9.96. The van der Waals surface area contributed by atoms with Crippen molar-refractivity contribution >= 4 is 0 Å². The van der Waals surface area contributed by atoms with Crippen LogP contribution in [0.4, 0.5) is 0 Å². The summed E-state index contributed by atoms with van der Waals surface area (Å²) in [6, 6.07) is 2.41. The molecule has 2 N–H and O–H groups in total. The molecule has 3 heteroatoms. The predicted octanol–water partition coefficient (Wildman–Crippen LogP) is 1.90. The number of rotatable bonds is 5. The first-order valence-electron chi connectivity index (χ1n) is 5.85. The standard InChI is InChI=1S/C12H23N3/c1-5-9(3)12(13)8-11-7-10(6-2)14-15(11)4/h7,9,12H,5-6,8,13H2,1-4H3. The van der Waals surface area contributed by atoms with Crippen LogP contribution in [0.5, 0.6) is 0 Å². The maximum Gasteiger partial charge on any atom is 0.0624 e. The van der Waals surface area contributed by atoms with Crippen molar-refractivity contribution < 1.29 is 0 Å². The van der Waals surface area contributed by atoms with Crippen LogP contribution < -0.4 is 5.73 Å². The second-order valence-electron chi connectivity index (χ2n) is 4.36. The summed E-state index contributed by atoms with van der Waals surface area (Å²) in [6.45, 7) is 6.52. The van der Waals surface area contributed by atoms with E-state index in [1.165, 1.54) is 5.69 Å². The molecular weight excluding hydrogens is 186 g/mol. The van der Waals surface area contributed by atoms with Crippen molar-refractivity contribution in [2.75, 3.05) is 0 Å². The zero-order chi connectivity index (χ0) is 11.4. The van der Waals surface area contributed by atoms with Crippen LogP contribution in [0.3, 0.4) is 0 Å². The topological polar surface area (TPSA) is 43.8 Å². The minimum Gasteiger partial charge on any atom is -0.327 e. The molecule has 3 nitrogen and oxygen atoms in total. The van der Waals surface area contributed by atoms with Crippen molar-refractivity contribution in [3.8, 4) is 0 Å². The normalized spacial score (nSPS) is 15.3. The monoisotopic (exact) mass is 209 g/mol. The first-order valence-corrected chi connectivity index (χ1v) is 5.85. The van der Waals surface area contributed by atoms with Crippen LogP contribution >= 0.6 is 0 Å². The highest BCUT2D eigenvalue weighted by atomic mass is 15.3. The number of hydrogen-bond donors (Lipinski definition) is 1. The minimum absolute atomic E-state index is 0.245. The first-order chi connectivity index (χ1) is 7.08. The van der Waals surface area contributed by atoms with E-state index in [4.69, 9.17) is 5.73 Å². The maximum absolute atomic E-state index is 6.14. The molecule has 0 saturated heterocycles. The summed E-state index contributed by atoms with van der Waals surface area (Å²) in [5.41, 5.74) is 8.54. The molecule has 1 rings (SSSR count). The third-order valence-electron chi connectivity index (χ3n) is 3.21. The summed E-state index contributed by atoms with van der Waals surface area (Å²) in [5, 5.41) is 4.43. The van der Waals surface area contributed by atoms with E-state index in [1.54, 1.807) is 0 Å². The quantitative estimate of drug-likeness (QED) is 0.805. The van der Waals surface area contributed by atoms with Gasteiger partial charge in [-0.3, -0.25) is 4.68 Å². The summed E-state index contributed by atoms with van der Waals surface area (Å²) in [4.78, 5) is 0. The molecule has 0 aliphatic carbocycles. The van der Waals surface area contributed by atoms with Gasteiger partial charge in [-0.25, -0.2) is 0 Å². The SMILES string of the molecule is CCc1cc(CC(N)C(C)CC)n(C)n1. The summed E-state index contributed by atoms with van der Waals surface area (Å²) in [6.07, 6.45) is 3.06. The Morgan fingerprint density at radius 3 is 2.60 bits per heavy atom. The number of nitrogens with zero attached hydrogens (tertiary/aromatic N) is 2. The summed E-state index contributed by atoms with van der Waals surface area (Å²) in [7, 11) is 2.00. The van der Waals surface area contributed by atoms with Crippen molar-refractivity contribution in [3.05, 3.63) is 17.5 Å². The summed E-state index contributed by atoms with van der Waals surface area (Å²) < 4.78 is 1.96. The lowest BCUT2D eigenvalue weighted by molar-refractivity contribution is 0.431. The van der Waals surface area contributed by atoms with E-state index in [2.05, 4.69) is 31.9 Å². The predicted molar refractivity (Wildman–Crippen MR) is 63.7 cm³/mol. The van der Waals surface area contributed by atoms with Gasteiger partial charge in [-0.15, -0.1) is 0 Å². The molecule has 0 radical (unpaired) electrons. The van der Waals surface area contributed by atoms with E-state index in [0.717, 1.165) is 25.0 Å². The van der Waals surface area contributed by atoms with E-state index in [9.17, 15) is 0 Å². The Labute approximate surface area is 92.7 Å². The van der Waals surface area contributed by atoms with Gasteiger partial charge in [0.05, 0.1) is 5.69 Å². The highest BCUT2D eigenvalue weighted by Crippen LogP contribution is 2.12. The molecule has 0 aromatic carbocycles. The number of nitrogens with two attached hydrogens (primary N) is 1. The number of hydrogen-bond acceptors (Lipinski definition) is 2. The second kappa shape index (κ2) is 5.31. The molecule has 0 saturated carbocycles. The average Bonchev–Trinajstić information content (AvgIpc) is 2.58. The zero-order valence-corrected chi connectivity index (χ0v) is 10.3. The molecule has 0 spiro atoms. The van der Waals surface area contributed by atoms with Gasteiger partial charge in [-0.05, 0) is 18.4 Å². The van der Waals surface area contributed by atoms with Gasteiger partial charge in [0.25, 0.3) is 0 Å². The Kier molecular flexibility index (Phi) is 4.33. The van der Waals surface area contributed by atoms with E-state index >= 15 is 0 Å². The van der Waals surface area contributed by atoms with E-state index < -0.39 is 0 Å². The average molecular weight is 209 g/mol. The highest BCUT2D eigenvalue weighted by molar-refractivity contribution is 5.11. The molecule has 2 atom stereocenters. The molecule has 0 aliphatic heterocycles. The molecule has 0 fully saturated rings. The van der Waals surface area contributed by atoms with Crippen LogP contribution in [0.1, 0.15) is 38.6 Å². The Morgan fingerprint density at radius 2 is 2.13 bits per heavy atom. The molecule has 0 amide bonds. The Hall–Kier alpha value is -0.830. The van der Waals surface area contributed by atoms with Crippen LogP contribution in [0.2, 0.25) is 0 Å². The molecule has 0 aliphatic rings.